The third kappa shape index (κ3) is 4.22. The van der Waals surface area contributed by atoms with Crippen molar-refractivity contribution in [3.05, 3.63) is 70.8 Å². The maximum atomic E-state index is 12.1. The lowest BCUT2D eigenvalue weighted by molar-refractivity contribution is -0.129. The van der Waals surface area contributed by atoms with Gasteiger partial charge in [0.25, 0.3) is 0 Å². The highest BCUT2D eigenvalue weighted by atomic mass is 79.9. The van der Waals surface area contributed by atoms with Crippen molar-refractivity contribution in [1.29, 1.82) is 0 Å². The zero-order valence-electron chi connectivity index (χ0n) is 10.6. The van der Waals surface area contributed by atoms with Crippen LogP contribution >= 0.6 is 27.5 Å². The molecule has 2 rings (SSSR count). The molecule has 0 N–H and O–H groups in total. The van der Waals surface area contributed by atoms with E-state index in [1.54, 1.807) is 30.3 Å². The Morgan fingerprint density at radius 2 is 1.75 bits per heavy atom. The average molecular weight is 352 g/mol. The van der Waals surface area contributed by atoms with Crippen molar-refractivity contribution in [1.82, 2.24) is 0 Å². The summed E-state index contributed by atoms with van der Waals surface area (Å²) in [6, 6.07) is 16.2. The molecule has 2 aromatic rings. The summed E-state index contributed by atoms with van der Waals surface area (Å²) in [5.41, 5.74) is 1.44. The van der Waals surface area contributed by atoms with Crippen LogP contribution in [0.15, 0.2) is 60.2 Å². The number of hydrogen-bond acceptors (Lipinski definition) is 2. The number of halogens is 2. The summed E-state index contributed by atoms with van der Waals surface area (Å²) in [5, 5.41) is 1.08. The normalized spacial score (nSPS) is 11.2. The summed E-state index contributed by atoms with van der Waals surface area (Å²) in [7, 11) is 0. The van der Waals surface area contributed by atoms with Crippen LogP contribution in [0, 0.1) is 0 Å². The number of para-hydroxylation sites is 1. The molecule has 0 amide bonds. The second-order valence-electron chi connectivity index (χ2n) is 4.06. The summed E-state index contributed by atoms with van der Waals surface area (Å²) in [4.78, 5) is 12.1. The molecular weight excluding hydrogens is 340 g/mol. The largest absolute Gasteiger partial charge is 0.423 e. The Balaban J connectivity index is 2.15. The van der Waals surface area contributed by atoms with E-state index in [0.717, 1.165) is 5.56 Å². The maximum absolute atomic E-state index is 12.1. The van der Waals surface area contributed by atoms with Crippen molar-refractivity contribution in [3.63, 3.8) is 0 Å². The third-order valence-corrected chi connectivity index (χ3v) is 3.43. The highest BCUT2D eigenvalue weighted by molar-refractivity contribution is 9.09. The maximum Gasteiger partial charge on any atom is 0.340 e. The van der Waals surface area contributed by atoms with Gasteiger partial charge in [0.2, 0.25) is 0 Å². The summed E-state index contributed by atoms with van der Waals surface area (Å²) >= 11 is 9.14. The monoisotopic (exact) mass is 350 g/mol. The molecule has 0 atom stereocenters. The van der Waals surface area contributed by atoms with E-state index in [0.29, 0.717) is 21.7 Å². The Morgan fingerprint density at radius 1 is 1.10 bits per heavy atom. The zero-order chi connectivity index (χ0) is 14.4. The Morgan fingerprint density at radius 3 is 2.35 bits per heavy atom. The molecule has 0 saturated carbocycles. The lowest BCUT2D eigenvalue weighted by Gasteiger charge is -2.06. The van der Waals surface area contributed by atoms with Crippen LogP contribution in [0.5, 0.6) is 5.75 Å². The summed E-state index contributed by atoms with van der Waals surface area (Å²) in [6.45, 7) is 0. The van der Waals surface area contributed by atoms with Gasteiger partial charge in [-0.05, 0) is 35.9 Å². The zero-order valence-corrected chi connectivity index (χ0v) is 12.9. The SMILES string of the molecule is O=C(Oc1ccccc1)/C(=C/c1ccc(Cl)cc1)CBr. The highest BCUT2D eigenvalue weighted by Gasteiger charge is 2.11. The van der Waals surface area contributed by atoms with Gasteiger partial charge in [0.1, 0.15) is 5.75 Å². The first kappa shape index (κ1) is 14.8. The van der Waals surface area contributed by atoms with E-state index in [4.69, 9.17) is 16.3 Å². The van der Waals surface area contributed by atoms with Gasteiger partial charge in [-0.15, -0.1) is 0 Å². The number of esters is 1. The van der Waals surface area contributed by atoms with Crippen molar-refractivity contribution in [2.24, 2.45) is 0 Å². The van der Waals surface area contributed by atoms with E-state index in [1.807, 2.05) is 30.3 Å². The van der Waals surface area contributed by atoms with Crippen LogP contribution in [0.3, 0.4) is 0 Å². The molecule has 4 heteroatoms. The molecule has 0 spiro atoms. The molecular formula is C16H12BrClO2. The van der Waals surface area contributed by atoms with Gasteiger partial charge in [-0.1, -0.05) is 57.9 Å². The first-order valence-corrected chi connectivity index (χ1v) is 7.48. The molecule has 20 heavy (non-hydrogen) atoms. The average Bonchev–Trinajstić information content (AvgIpc) is 2.47. The van der Waals surface area contributed by atoms with Gasteiger partial charge in [-0.2, -0.15) is 0 Å². The second-order valence-corrected chi connectivity index (χ2v) is 5.05. The quantitative estimate of drug-likeness (QED) is 0.345. The molecule has 0 unspecified atom stereocenters. The number of rotatable bonds is 4. The minimum Gasteiger partial charge on any atom is -0.423 e. The minimum atomic E-state index is -0.372. The second kappa shape index (κ2) is 7.27. The van der Waals surface area contributed by atoms with Crippen LogP contribution in [0.2, 0.25) is 5.02 Å². The molecule has 0 aromatic heterocycles. The number of carbonyl (C=O) groups is 1. The van der Waals surface area contributed by atoms with Gasteiger partial charge in [-0.25, -0.2) is 4.79 Å². The smallest absolute Gasteiger partial charge is 0.340 e. The topological polar surface area (TPSA) is 26.3 Å². The Kier molecular flexibility index (Phi) is 5.39. The van der Waals surface area contributed by atoms with E-state index in [2.05, 4.69) is 15.9 Å². The summed E-state index contributed by atoms with van der Waals surface area (Å²) in [5.74, 6) is 0.156. The van der Waals surface area contributed by atoms with Crippen molar-refractivity contribution in [2.45, 2.75) is 0 Å². The summed E-state index contributed by atoms with van der Waals surface area (Å²) < 4.78 is 5.30. The molecule has 2 nitrogen and oxygen atoms in total. The van der Waals surface area contributed by atoms with Crippen molar-refractivity contribution in [2.75, 3.05) is 5.33 Å². The number of carbonyl (C=O) groups excluding carboxylic acids is 1. The molecule has 0 saturated heterocycles. The van der Waals surface area contributed by atoms with Crippen LogP contribution in [0.4, 0.5) is 0 Å². The third-order valence-electron chi connectivity index (χ3n) is 2.57. The lowest BCUT2D eigenvalue weighted by Crippen LogP contribution is -2.12. The predicted molar refractivity (Wildman–Crippen MR) is 85.3 cm³/mol. The number of benzene rings is 2. The van der Waals surface area contributed by atoms with Gasteiger partial charge in [0, 0.05) is 15.9 Å². The van der Waals surface area contributed by atoms with Gasteiger partial charge in [0.15, 0.2) is 0 Å². The fraction of sp³-hybridized carbons (Fsp3) is 0.0625. The van der Waals surface area contributed by atoms with Gasteiger partial charge in [-0.3, -0.25) is 0 Å². The molecule has 0 fully saturated rings. The predicted octanol–water partition coefficient (Wildman–Crippen LogP) is 4.72. The number of alkyl halides is 1. The van der Waals surface area contributed by atoms with Crippen LogP contribution < -0.4 is 4.74 Å². The van der Waals surface area contributed by atoms with Crippen molar-refractivity contribution >= 4 is 39.6 Å². The molecule has 0 aliphatic rings. The highest BCUT2D eigenvalue weighted by Crippen LogP contribution is 2.16. The van der Waals surface area contributed by atoms with Crippen LogP contribution in [0.25, 0.3) is 6.08 Å². The van der Waals surface area contributed by atoms with Crippen LogP contribution in [-0.4, -0.2) is 11.3 Å². The number of hydrogen-bond donors (Lipinski definition) is 0. The van der Waals surface area contributed by atoms with Gasteiger partial charge in [0.05, 0.1) is 0 Å². The standard InChI is InChI=1S/C16H12BrClO2/c17-11-13(10-12-6-8-14(18)9-7-12)16(19)20-15-4-2-1-3-5-15/h1-10H,11H2/b13-10+. The fourth-order valence-electron chi connectivity index (χ4n) is 1.57. The van der Waals surface area contributed by atoms with E-state index < -0.39 is 0 Å². The summed E-state index contributed by atoms with van der Waals surface area (Å²) in [6.07, 6.45) is 1.77. The Labute approximate surface area is 131 Å². The van der Waals surface area contributed by atoms with Gasteiger partial charge >= 0.3 is 5.97 Å². The fourth-order valence-corrected chi connectivity index (χ4v) is 2.09. The van der Waals surface area contributed by atoms with E-state index >= 15 is 0 Å². The Bertz CT molecular complexity index is 606. The molecule has 0 radical (unpaired) electrons. The molecule has 0 heterocycles. The van der Waals surface area contributed by atoms with Gasteiger partial charge < -0.3 is 4.74 Å². The van der Waals surface area contributed by atoms with Crippen molar-refractivity contribution < 1.29 is 9.53 Å². The molecule has 2 aromatic carbocycles. The van der Waals surface area contributed by atoms with Crippen LogP contribution in [-0.2, 0) is 4.79 Å². The van der Waals surface area contributed by atoms with E-state index in [-0.39, 0.29) is 5.97 Å². The molecule has 0 aliphatic heterocycles. The van der Waals surface area contributed by atoms with Crippen LogP contribution in [0.1, 0.15) is 5.56 Å². The first-order valence-electron chi connectivity index (χ1n) is 5.98. The minimum absolute atomic E-state index is 0.372. The molecule has 102 valence electrons. The number of ether oxygens (including phenoxy) is 1. The van der Waals surface area contributed by atoms with E-state index in [1.165, 1.54) is 0 Å². The van der Waals surface area contributed by atoms with Crippen molar-refractivity contribution in [3.8, 4) is 5.75 Å². The molecule has 0 aliphatic carbocycles. The van der Waals surface area contributed by atoms with E-state index in [9.17, 15) is 4.79 Å². The molecule has 0 bridgehead atoms. The lowest BCUT2D eigenvalue weighted by atomic mass is 10.1. The Hall–Kier alpha value is -1.58. The first-order chi connectivity index (χ1) is 9.69.